The highest BCUT2D eigenvalue weighted by atomic mass is 16.5. The van der Waals surface area contributed by atoms with Gasteiger partial charge in [-0.2, -0.15) is 0 Å². The molecule has 28 heavy (non-hydrogen) atoms. The van der Waals surface area contributed by atoms with Crippen molar-refractivity contribution in [2.24, 2.45) is 17.8 Å². The number of hydrogen-bond donors (Lipinski definition) is 1. The number of methoxy groups -OCH3 is 1. The molecule has 1 saturated carbocycles. The smallest absolute Gasteiger partial charge is 0.0611 e. The molecule has 0 unspecified atom stereocenters. The molecule has 1 N–H and O–H groups in total. The minimum Gasteiger partial charge on any atom is -0.392 e. The average molecular weight is 391 g/mol. The van der Waals surface area contributed by atoms with Gasteiger partial charge < -0.3 is 9.84 Å². The molecule has 0 aliphatic heterocycles. The number of unbranched alkanes of at least 4 members (excludes halogenated alkanes) is 10. The van der Waals surface area contributed by atoms with Crippen molar-refractivity contribution in [3.8, 4) is 0 Å². The maximum atomic E-state index is 10.5. The molecule has 0 saturated heterocycles. The Balaban J connectivity index is 1.58. The molecule has 0 aromatic heterocycles. The maximum Gasteiger partial charge on any atom is 0.0611 e. The molecular weight excluding hydrogens is 344 g/mol. The number of aliphatic hydroxyl groups excluding tert-OH is 1. The lowest BCUT2D eigenvalue weighted by molar-refractivity contribution is 0.141. The van der Waals surface area contributed by atoms with Crippen LogP contribution in [-0.2, 0) is 4.74 Å². The monoisotopic (exact) mass is 390 g/mol. The Morgan fingerprint density at radius 3 is 2.46 bits per heavy atom. The van der Waals surface area contributed by atoms with Gasteiger partial charge in [0.15, 0.2) is 0 Å². The molecule has 0 bridgehead atoms. The fourth-order valence-corrected chi connectivity index (χ4v) is 5.22. The predicted molar refractivity (Wildman–Crippen MR) is 121 cm³/mol. The summed E-state index contributed by atoms with van der Waals surface area (Å²) in [7, 11) is 1.79. The summed E-state index contributed by atoms with van der Waals surface area (Å²) in [6.45, 7) is 3.17. The van der Waals surface area contributed by atoms with Gasteiger partial charge in [0.05, 0.1) is 6.10 Å². The molecule has 2 rings (SSSR count). The van der Waals surface area contributed by atoms with E-state index in [1.54, 1.807) is 12.7 Å². The van der Waals surface area contributed by atoms with E-state index < -0.39 is 0 Å². The van der Waals surface area contributed by atoms with E-state index in [-0.39, 0.29) is 6.10 Å². The second-order valence-electron chi connectivity index (χ2n) is 9.23. The number of allylic oxidation sites excluding steroid dienone is 3. The SMILES string of the molecule is CCCCCCCCCCC=C[C@@H]1[C@H]2CC(CCCCCOC)=C[C@H]2C[C@H]1O. The van der Waals surface area contributed by atoms with Crippen LogP contribution < -0.4 is 0 Å². The van der Waals surface area contributed by atoms with E-state index in [9.17, 15) is 5.11 Å². The van der Waals surface area contributed by atoms with Crippen LogP contribution >= 0.6 is 0 Å². The van der Waals surface area contributed by atoms with E-state index in [1.165, 1.54) is 89.9 Å². The molecular formula is C26H46O2. The van der Waals surface area contributed by atoms with E-state index in [1.807, 2.05) is 0 Å². The van der Waals surface area contributed by atoms with Gasteiger partial charge in [-0.1, -0.05) is 82.1 Å². The standard InChI is InChI=1S/C26H46O2/c1-3-4-5-6-7-8-9-10-11-14-17-24-25-20-22(16-13-12-15-18-28-2)19-23(25)21-26(24)27/h14,17,19,23-27H,3-13,15-16,18,20-21H2,1-2H3/t23-,24+,25-,26+/m0/s1. The van der Waals surface area contributed by atoms with Crippen molar-refractivity contribution in [3.05, 3.63) is 23.8 Å². The Hall–Kier alpha value is -0.600. The van der Waals surface area contributed by atoms with Crippen LogP contribution in [0.3, 0.4) is 0 Å². The number of aliphatic hydroxyl groups is 1. The molecule has 2 aliphatic rings. The van der Waals surface area contributed by atoms with Gasteiger partial charge in [0, 0.05) is 19.6 Å². The summed E-state index contributed by atoms with van der Waals surface area (Å²) in [4.78, 5) is 0. The van der Waals surface area contributed by atoms with Gasteiger partial charge in [-0.3, -0.25) is 0 Å². The van der Waals surface area contributed by atoms with Gasteiger partial charge >= 0.3 is 0 Å². The largest absolute Gasteiger partial charge is 0.392 e. The average Bonchev–Trinajstić information content (AvgIpc) is 3.20. The first-order valence-corrected chi connectivity index (χ1v) is 12.3. The third-order valence-corrected chi connectivity index (χ3v) is 6.88. The van der Waals surface area contributed by atoms with Crippen LogP contribution in [0.1, 0.15) is 103 Å². The zero-order valence-electron chi connectivity index (χ0n) is 18.7. The normalized spacial score (nSPS) is 26.9. The van der Waals surface area contributed by atoms with Gasteiger partial charge in [-0.05, 0) is 56.8 Å². The van der Waals surface area contributed by atoms with Gasteiger partial charge in [-0.15, -0.1) is 0 Å². The molecule has 2 heteroatoms. The summed E-state index contributed by atoms with van der Waals surface area (Å²) < 4.78 is 5.14. The third-order valence-electron chi connectivity index (χ3n) is 6.88. The Morgan fingerprint density at radius 2 is 1.71 bits per heavy atom. The molecule has 162 valence electrons. The van der Waals surface area contributed by atoms with Crippen molar-refractivity contribution >= 4 is 0 Å². The summed E-state index contributed by atoms with van der Waals surface area (Å²) in [5.74, 6) is 1.68. The van der Waals surface area contributed by atoms with Crippen molar-refractivity contribution in [2.75, 3.05) is 13.7 Å². The highest BCUT2D eigenvalue weighted by Crippen LogP contribution is 2.48. The van der Waals surface area contributed by atoms with Crippen molar-refractivity contribution < 1.29 is 9.84 Å². The maximum absolute atomic E-state index is 10.5. The summed E-state index contributed by atoms with van der Waals surface area (Å²) >= 11 is 0. The van der Waals surface area contributed by atoms with Crippen LogP contribution in [0.4, 0.5) is 0 Å². The Bertz CT molecular complexity index is 453. The zero-order chi connectivity index (χ0) is 20.0. The molecule has 0 radical (unpaired) electrons. The Kier molecular flexibility index (Phi) is 12.2. The predicted octanol–water partition coefficient (Wildman–Crippen LogP) is 7.22. The van der Waals surface area contributed by atoms with Crippen LogP contribution in [0.2, 0.25) is 0 Å². The van der Waals surface area contributed by atoms with Crippen molar-refractivity contribution in [2.45, 2.75) is 109 Å². The Labute approximate surface area is 174 Å². The molecule has 0 aromatic carbocycles. The molecule has 2 nitrogen and oxygen atoms in total. The lowest BCUT2D eigenvalue weighted by atomic mass is 9.88. The lowest BCUT2D eigenvalue weighted by Gasteiger charge is -2.18. The molecule has 4 atom stereocenters. The summed E-state index contributed by atoms with van der Waals surface area (Å²) in [6, 6.07) is 0. The second kappa shape index (κ2) is 14.4. The van der Waals surface area contributed by atoms with E-state index in [0.717, 1.165) is 13.0 Å². The van der Waals surface area contributed by atoms with Gasteiger partial charge in [-0.25, -0.2) is 0 Å². The van der Waals surface area contributed by atoms with Crippen LogP contribution in [0, 0.1) is 17.8 Å². The highest BCUT2D eigenvalue weighted by molar-refractivity contribution is 5.20. The van der Waals surface area contributed by atoms with Crippen molar-refractivity contribution in [1.82, 2.24) is 0 Å². The van der Waals surface area contributed by atoms with E-state index >= 15 is 0 Å². The van der Waals surface area contributed by atoms with E-state index in [0.29, 0.717) is 17.8 Å². The van der Waals surface area contributed by atoms with Crippen molar-refractivity contribution in [3.63, 3.8) is 0 Å². The molecule has 0 heterocycles. The second-order valence-corrected chi connectivity index (χ2v) is 9.23. The topological polar surface area (TPSA) is 29.5 Å². The zero-order valence-corrected chi connectivity index (χ0v) is 18.7. The van der Waals surface area contributed by atoms with Gasteiger partial charge in [0.1, 0.15) is 0 Å². The number of rotatable bonds is 16. The van der Waals surface area contributed by atoms with E-state index in [4.69, 9.17) is 4.74 Å². The molecule has 2 aliphatic carbocycles. The minimum absolute atomic E-state index is 0.121. The molecule has 1 fully saturated rings. The Morgan fingerprint density at radius 1 is 1.00 bits per heavy atom. The molecule has 0 spiro atoms. The summed E-state index contributed by atoms with van der Waals surface area (Å²) in [5, 5.41) is 10.5. The summed E-state index contributed by atoms with van der Waals surface area (Å²) in [6.07, 6.45) is 26.6. The first-order chi connectivity index (χ1) is 13.8. The van der Waals surface area contributed by atoms with Gasteiger partial charge in [0.25, 0.3) is 0 Å². The molecule has 0 amide bonds. The molecule has 0 aromatic rings. The number of fused-ring (bicyclic) bond motifs is 1. The van der Waals surface area contributed by atoms with Crippen LogP contribution in [0.15, 0.2) is 23.8 Å². The van der Waals surface area contributed by atoms with E-state index in [2.05, 4.69) is 25.2 Å². The third kappa shape index (κ3) is 8.41. The van der Waals surface area contributed by atoms with Gasteiger partial charge in [0.2, 0.25) is 0 Å². The van der Waals surface area contributed by atoms with Crippen LogP contribution in [0.25, 0.3) is 0 Å². The van der Waals surface area contributed by atoms with Crippen molar-refractivity contribution in [1.29, 1.82) is 0 Å². The number of hydrogen-bond acceptors (Lipinski definition) is 2. The van der Waals surface area contributed by atoms with Crippen LogP contribution in [-0.4, -0.2) is 24.9 Å². The minimum atomic E-state index is -0.121. The summed E-state index contributed by atoms with van der Waals surface area (Å²) in [5.41, 5.74) is 1.65. The first kappa shape index (κ1) is 23.7. The fourth-order valence-electron chi connectivity index (χ4n) is 5.22. The van der Waals surface area contributed by atoms with Crippen LogP contribution in [0.5, 0.6) is 0 Å². The number of ether oxygens (including phenoxy) is 1. The fraction of sp³-hybridized carbons (Fsp3) is 0.846. The quantitative estimate of drug-likeness (QED) is 0.222. The first-order valence-electron chi connectivity index (χ1n) is 12.3. The highest BCUT2D eigenvalue weighted by Gasteiger charge is 2.42. The lowest BCUT2D eigenvalue weighted by Crippen LogP contribution is -2.17.